The summed E-state index contributed by atoms with van der Waals surface area (Å²) in [5.41, 5.74) is 3.46. The molecule has 0 bridgehead atoms. The van der Waals surface area contributed by atoms with E-state index in [0.29, 0.717) is 5.92 Å². The molecule has 1 aromatic heterocycles. The second-order valence-corrected chi connectivity index (χ2v) is 25.6. The Morgan fingerprint density at radius 1 is 0.824 bits per heavy atom. The van der Waals surface area contributed by atoms with Crippen molar-refractivity contribution in [3.63, 3.8) is 0 Å². The van der Waals surface area contributed by atoms with Crippen LogP contribution in [0.25, 0.3) is 10.4 Å². The van der Waals surface area contributed by atoms with Crippen LogP contribution in [0, 0.1) is 17.2 Å². The second-order valence-electron chi connectivity index (χ2n) is 10.4. The van der Waals surface area contributed by atoms with Gasteiger partial charge in [0.1, 0.15) is 0 Å². The third kappa shape index (κ3) is 8.41. The van der Waals surface area contributed by atoms with Crippen molar-refractivity contribution in [2.45, 2.75) is 119 Å². The molecule has 1 nitrogen and oxygen atoms in total. The van der Waals surface area contributed by atoms with E-state index in [1.54, 1.807) is 2.89 Å². The maximum absolute atomic E-state index is 9.76. The fourth-order valence-corrected chi connectivity index (χ4v) is 25.5. The zero-order valence-electron chi connectivity index (χ0n) is 22.7. The molecule has 0 spiro atoms. The topological polar surface area (TPSA) is 23.8 Å². The minimum atomic E-state index is -2.38. The van der Waals surface area contributed by atoms with Gasteiger partial charge in [-0.15, -0.1) is 0 Å². The van der Waals surface area contributed by atoms with E-state index in [1.165, 1.54) is 93.5 Å². The number of hydrogen-bond donors (Lipinski definition) is 0. The standard InChI is InChI=1S/C19H22NS.3C4H9.Sn/c1-3-5-7-15(4-2)12-18-13-16(9-10-17(18)14-20)19-8-6-11-21-19;3*1-3-4-2;/h6,8-10,13,15H,3-5,7,12H2,1-2H3;3*1,3-4H2,2H3;. The molecule has 188 valence electrons. The predicted molar refractivity (Wildman–Crippen MR) is 156 cm³/mol. The number of unbranched alkanes of at least 4 members (excludes halogenated alkanes) is 4. The van der Waals surface area contributed by atoms with Crippen molar-refractivity contribution in [1.82, 2.24) is 0 Å². The molecule has 3 heteroatoms. The van der Waals surface area contributed by atoms with E-state index >= 15 is 0 Å². The van der Waals surface area contributed by atoms with Crippen LogP contribution in [-0.2, 0) is 6.42 Å². The molecule has 34 heavy (non-hydrogen) atoms. The summed E-state index contributed by atoms with van der Waals surface area (Å²) < 4.78 is 6.39. The first-order valence-corrected chi connectivity index (χ1v) is 22.5. The summed E-state index contributed by atoms with van der Waals surface area (Å²) >= 11 is -0.265. The van der Waals surface area contributed by atoms with Crippen LogP contribution in [0.3, 0.4) is 0 Å². The third-order valence-electron chi connectivity index (χ3n) is 7.72. The van der Waals surface area contributed by atoms with Gasteiger partial charge in [0.2, 0.25) is 0 Å². The van der Waals surface area contributed by atoms with Gasteiger partial charge in [0.15, 0.2) is 0 Å². The van der Waals surface area contributed by atoms with E-state index in [-0.39, 0.29) is 0 Å². The Hall–Kier alpha value is -0.791. The SMILES string of the molecule is CCCCC(CC)Cc1cc(-c2cc[c]([Sn]([CH2]CCC)([CH2]CCC)[CH2]CCC)s2)ccc1C#N. The number of rotatable bonds is 17. The molecule has 1 unspecified atom stereocenters. The fraction of sp³-hybridized carbons (Fsp3) is 0.645. The van der Waals surface area contributed by atoms with Crippen molar-refractivity contribution in [3.05, 3.63) is 41.5 Å². The normalized spacial score (nSPS) is 12.6. The zero-order valence-corrected chi connectivity index (χ0v) is 26.4. The van der Waals surface area contributed by atoms with Crippen LogP contribution in [0.15, 0.2) is 30.3 Å². The van der Waals surface area contributed by atoms with Gasteiger partial charge in [-0.05, 0) is 0 Å². The third-order valence-corrected chi connectivity index (χ3v) is 27.1. The van der Waals surface area contributed by atoms with Crippen LogP contribution < -0.4 is 2.89 Å². The number of nitrogens with zero attached hydrogens (tertiary/aromatic N) is 1. The molecule has 0 aliphatic rings. The molecule has 0 radical (unpaired) electrons. The molecule has 0 saturated carbocycles. The van der Waals surface area contributed by atoms with Gasteiger partial charge in [-0.1, -0.05) is 0 Å². The summed E-state index contributed by atoms with van der Waals surface area (Å²) in [4.78, 5) is 1.42. The Labute approximate surface area is 219 Å². The Kier molecular flexibility index (Phi) is 13.9. The molecule has 0 amide bonds. The van der Waals surface area contributed by atoms with E-state index in [0.717, 1.165) is 12.0 Å². The summed E-state index contributed by atoms with van der Waals surface area (Å²) in [6, 6.07) is 14.1. The molecule has 1 heterocycles. The number of thiophene rings is 1. The summed E-state index contributed by atoms with van der Waals surface area (Å²) in [5.74, 6) is 0.683. The molecule has 0 N–H and O–H groups in total. The molecule has 0 aliphatic heterocycles. The first-order valence-electron chi connectivity index (χ1n) is 14.2. The van der Waals surface area contributed by atoms with Crippen LogP contribution in [0.4, 0.5) is 0 Å². The van der Waals surface area contributed by atoms with Crippen LogP contribution >= 0.6 is 11.3 Å². The molecule has 2 aromatic rings. The van der Waals surface area contributed by atoms with Crippen molar-refractivity contribution in [1.29, 1.82) is 5.26 Å². The van der Waals surface area contributed by atoms with Gasteiger partial charge in [-0.2, -0.15) is 0 Å². The monoisotopic (exact) mass is 587 g/mol. The fourth-order valence-electron chi connectivity index (χ4n) is 5.35. The van der Waals surface area contributed by atoms with Gasteiger partial charge in [-0.3, -0.25) is 0 Å². The molecular weight excluding hydrogens is 537 g/mol. The molecular formula is C31H49NSSn. The Balaban J connectivity index is 2.38. The molecule has 0 fully saturated rings. The second kappa shape index (κ2) is 16.1. The van der Waals surface area contributed by atoms with Crippen LogP contribution in [0.2, 0.25) is 13.3 Å². The molecule has 0 saturated heterocycles. The van der Waals surface area contributed by atoms with E-state index in [2.05, 4.69) is 82.4 Å². The van der Waals surface area contributed by atoms with Crippen molar-refractivity contribution >= 4 is 32.6 Å². The summed E-state index contributed by atoms with van der Waals surface area (Å²) in [6.07, 6.45) is 14.3. The number of benzene rings is 1. The number of hydrogen-bond acceptors (Lipinski definition) is 2. The van der Waals surface area contributed by atoms with E-state index < -0.39 is 18.4 Å². The zero-order chi connectivity index (χ0) is 24.8. The average Bonchev–Trinajstić information content (AvgIpc) is 3.37. The van der Waals surface area contributed by atoms with Gasteiger partial charge < -0.3 is 0 Å². The van der Waals surface area contributed by atoms with Gasteiger partial charge in [0.25, 0.3) is 0 Å². The van der Waals surface area contributed by atoms with E-state index in [1.807, 2.05) is 0 Å². The first-order chi connectivity index (χ1) is 16.6. The summed E-state index contributed by atoms with van der Waals surface area (Å²) in [7, 11) is 0. The summed E-state index contributed by atoms with van der Waals surface area (Å²) in [6.45, 7) is 11.7. The van der Waals surface area contributed by atoms with Crippen molar-refractivity contribution < 1.29 is 0 Å². The maximum atomic E-state index is 9.76. The Morgan fingerprint density at radius 2 is 1.44 bits per heavy atom. The van der Waals surface area contributed by atoms with E-state index in [9.17, 15) is 5.26 Å². The molecule has 1 atom stereocenters. The van der Waals surface area contributed by atoms with Gasteiger partial charge in [-0.25, -0.2) is 0 Å². The van der Waals surface area contributed by atoms with E-state index in [4.69, 9.17) is 0 Å². The quantitative estimate of drug-likeness (QED) is 0.169. The predicted octanol–water partition coefficient (Wildman–Crippen LogP) is 10.1. The number of nitriles is 1. The molecule has 0 aliphatic carbocycles. The average molecular weight is 587 g/mol. The van der Waals surface area contributed by atoms with Crippen LogP contribution in [0.5, 0.6) is 0 Å². The van der Waals surface area contributed by atoms with Crippen LogP contribution in [0.1, 0.15) is 110 Å². The molecule has 2 rings (SSSR count). The Morgan fingerprint density at radius 3 is 1.97 bits per heavy atom. The minimum absolute atomic E-state index is 0.683. The van der Waals surface area contributed by atoms with Gasteiger partial charge in [0, 0.05) is 0 Å². The van der Waals surface area contributed by atoms with Crippen molar-refractivity contribution in [2.24, 2.45) is 5.92 Å². The first kappa shape index (κ1) is 29.4. The van der Waals surface area contributed by atoms with Crippen molar-refractivity contribution in [3.8, 4) is 16.5 Å². The Bertz CT molecular complexity index is 856. The van der Waals surface area contributed by atoms with Crippen molar-refractivity contribution in [2.75, 3.05) is 0 Å². The summed E-state index contributed by atoms with van der Waals surface area (Å²) in [5, 5.41) is 9.76. The van der Waals surface area contributed by atoms with Gasteiger partial charge in [0.05, 0.1) is 0 Å². The van der Waals surface area contributed by atoms with Crippen LogP contribution in [-0.4, -0.2) is 18.4 Å². The van der Waals surface area contributed by atoms with Gasteiger partial charge >= 0.3 is 220 Å². The molecule has 1 aromatic carbocycles.